The van der Waals surface area contributed by atoms with E-state index in [1.54, 1.807) is 32.4 Å². The fourth-order valence-corrected chi connectivity index (χ4v) is 3.28. The van der Waals surface area contributed by atoms with Crippen LogP contribution in [0.1, 0.15) is 17.2 Å². The average Bonchev–Trinajstić information content (AvgIpc) is 2.78. The molecule has 2 aromatic rings. The molecule has 154 valence electrons. The van der Waals surface area contributed by atoms with Gasteiger partial charge in [-0.3, -0.25) is 9.69 Å². The number of hydrogen-bond donors (Lipinski definition) is 1. The lowest BCUT2D eigenvalue weighted by atomic mass is 10.1. The predicted molar refractivity (Wildman–Crippen MR) is 113 cm³/mol. The van der Waals surface area contributed by atoms with Gasteiger partial charge in [-0.05, 0) is 29.3 Å². The minimum Gasteiger partial charge on any atom is -0.497 e. The molecule has 6 heteroatoms. The van der Waals surface area contributed by atoms with E-state index in [9.17, 15) is 4.79 Å². The van der Waals surface area contributed by atoms with E-state index in [-0.39, 0.29) is 11.9 Å². The van der Waals surface area contributed by atoms with E-state index in [4.69, 9.17) is 14.2 Å². The Bertz CT molecular complexity index is 795. The van der Waals surface area contributed by atoms with Gasteiger partial charge in [0, 0.05) is 31.8 Å². The third-order valence-electron chi connectivity index (χ3n) is 4.86. The van der Waals surface area contributed by atoms with Crippen LogP contribution in [0.25, 0.3) is 6.08 Å². The molecule has 29 heavy (non-hydrogen) atoms. The summed E-state index contributed by atoms with van der Waals surface area (Å²) in [5.74, 6) is 1.21. The molecule has 3 rings (SSSR count). The number of morpholine rings is 1. The zero-order chi connectivity index (χ0) is 20.5. The second-order valence-corrected chi connectivity index (χ2v) is 6.86. The molecule has 1 aliphatic heterocycles. The molecule has 0 bridgehead atoms. The Morgan fingerprint density at radius 2 is 1.76 bits per heavy atom. The van der Waals surface area contributed by atoms with E-state index >= 15 is 0 Å². The molecular weight excluding hydrogens is 368 g/mol. The van der Waals surface area contributed by atoms with Crippen LogP contribution in [0.4, 0.5) is 0 Å². The van der Waals surface area contributed by atoms with Crippen molar-refractivity contribution in [1.82, 2.24) is 10.2 Å². The lowest BCUT2D eigenvalue weighted by molar-refractivity contribution is -0.117. The van der Waals surface area contributed by atoms with Crippen LogP contribution in [0.2, 0.25) is 0 Å². The Kier molecular flexibility index (Phi) is 7.67. The van der Waals surface area contributed by atoms with Crippen molar-refractivity contribution in [3.05, 3.63) is 65.7 Å². The smallest absolute Gasteiger partial charge is 0.244 e. The van der Waals surface area contributed by atoms with Gasteiger partial charge in [0.2, 0.25) is 5.91 Å². The minimum absolute atomic E-state index is 0.0914. The zero-order valence-corrected chi connectivity index (χ0v) is 17.0. The Hall–Kier alpha value is -2.83. The topological polar surface area (TPSA) is 60.0 Å². The van der Waals surface area contributed by atoms with Crippen LogP contribution in [-0.2, 0) is 9.53 Å². The van der Waals surface area contributed by atoms with Crippen LogP contribution < -0.4 is 14.8 Å². The van der Waals surface area contributed by atoms with E-state index in [0.29, 0.717) is 11.5 Å². The standard InChI is InChI=1S/C23H28N2O4/c1-27-20-14-18(15-21(16-20)28-2)8-9-23(26)24-22(19-6-4-3-5-7-19)17-25-10-12-29-13-11-25/h3-9,14-16,22H,10-13,17H2,1-2H3,(H,24,26)/b9-8+/t22-/m0/s1. The summed E-state index contributed by atoms with van der Waals surface area (Å²) in [5.41, 5.74) is 1.92. The molecule has 0 spiro atoms. The van der Waals surface area contributed by atoms with Gasteiger partial charge in [-0.1, -0.05) is 30.3 Å². The number of nitrogens with one attached hydrogen (secondary N) is 1. The van der Waals surface area contributed by atoms with Gasteiger partial charge < -0.3 is 19.5 Å². The summed E-state index contributed by atoms with van der Waals surface area (Å²) < 4.78 is 16.0. The number of ether oxygens (including phenoxy) is 3. The van der Waals surface area contributed by atoms with Crippen LogP contribution in [0.5, 0.6) is 11.5 Å². The van der Waals surface area contributed by atoms with Crippen LogP contribution in [-0.4, -0.2) is 57.9 Å². The Labute approximate surface area is 172 Å². The third kappa shape index (κ3) is 6.34. The number of benzene rings is 2. The fourth-order valence-electron chi connectivity index (χ4n) is 3.28. The van der Waals surface area contributed by atoms with E-state index in [0.717, 1.165) is 44.0 Å². The van der Waals surface area contributed by atoms with Gasteiger partial charge in [0.1, 0.15) is 11.5 Å². The molecule has 1 saturated heterocycles. The molecule has 6 nitrogen and oxygen atoms in total. The molecule has 1 atom stereocenters. The number of hydrogen-bond acceptors (Lipinski definition) is 5. The molecule has 0 saturated carbocycles. The van der Waals surface area contributed by atoms with Gasteiger partial charge in [0.05, 0.1) is 33.5 Å². The Morgan fingerprint density at radius 3 is 2.38 bits per heavy atom. The summed E-state index contributed by atoms with van der Waals surface area (Å²) in [5, 5.41) is 3.14. The van der Waals surface area contributed by atoms with Crippen LogP contribution in [0, 0.1) is 0 Å². The van der Waals surface area contributed by atoms with E-state index in [2.05, 4.69) is 10.2 Å². The first-order chi connectivity index (χ1) is 14.2. The number of amides is 1. The van der Waals surface area contributed by atoms with Gasteiger partial charge in [0.15, 0.2) is 0 Å². The van der Waals surface area contributed by atoms with Crippen molar-refractivity contribution in [2.45, 2.75) is 6.04 Å². The fraction of sp³-hybridized carbons (Fsp3) is 0.348. The third-order valence-corrected chi connectivity index (χ3v) is 4.86. The number of carbonyl (C=O) groups excluding carboxylic acids is 1. The molecule has 1 heterocycles. The summed E-state index contributed by atoms with van der Waals surface area (Å²) >= 11 is 0. The Morgan fingerprint density at radius 1 is 1.10 bits per heavy atom. The molecule has 0 radical (unpaired) electrons. The maximum absolute atomic E-state index is 12.6. The number of methoxy groups -OCH3 is 2. The van der Waals surface area contributed by atoms with Gasteiger partial charge in [0.25, 0.3) is 0 Å². The highest BCUT2D eigenvalue weighted by Crippen LogP contribution is 2.23. The average molecular weight is 396 g/mol. The number of rotatable bonds is 8. The lowest BCUT2D eigenvalue weighted by Gasteiger charge is -2.31. The van der Waals surface area contributed by atoms with E-state index < -0.39 is 0 Å². The molecule has 1 amide bonds. The highest BCUT2D eigenvalue weighted by Gasteiger charge is 2.19. The Balaban J connectivity index is 1.70. The van der Waals surface area contributed by atoms with Crippen molar-refractivity contribution < 1.29 is 19.0 Å². The molecule has 0 aromatic heterocycles. The molecule has 0 aliphatic carbocycles. The summed E-state index contributed by atoms with van der Waals surface area (Å²) in [7, 11) is 3.20. The summed E-state index contributed by atoms with van der Waals surface area (Å²) in [6, 6.07) is 15.5. The summed E-state index contributed by atoms with van der Waals surface area (Å²) in [6.45, 7) is 3.96. The number of nitrogens with zero attached hydrogens (tertiary/aromatic N) is 1. The van der Waals surface area contributed by atoms with Crippen molar-refractivity contribution in [1.29, 1.82) is 0 Å². The van der Waals surface area contributed by atoms with Crippen LogP contribution in [0.15, 0.2) is 54.6 Å². The quantitative estimate of drug-likeness (QED) is 0.696. The summed E-state index contributed by atoms with van der Waals surface area (Å²) in [6.07, 6.45) is 3.31. The predicted octanol–water partition coefficient (Wildman–Crippen LogP) is 2.91. The maximum atomic E-state index is 12.6. The van der Waals surface area contributed by atoms with Crippen LogP contribution in [0.3, 0.4) is 0 Å². The van der Waals surface area contributed by atoms with Crippen LogP contribution >= 0.6 is 0 Å². The highest BCUT2D eigenvalue weighted by molar-refractivity contribution is 5.92. The SMILES string of the molecule is COc1cc(/C=C/C(=O)N[C@@H](CN2CCOCC2)c2ccccc2)cc(OC)c1. The van der Waals surface area contributed by atoms with Crippen molar-refractivity contribution in [2.24, 2.45) is 0 Å². The van der Waals surface area contributed by atoms with Crippen molar-refractivity contribution in [2.75, 3.05) is 47.1 Å². The normalized spacial score (nSPS) is 15.8. The summed E-state index contributed by atoms with van der Waals surface area (Å²) in [4.78, 5) is 15.0. The molecule has 0 unspecified atom stereocenters. The van der Waals surface area contributed by atoms with E-state index in [1.165, 1.54) is 0 Å². The van der Waals surface area contributed by atoms with Gasteiger partial charge in [-0.2, -0.15) is 0 Å². The van der Waals surface area contributed by atoms with Crippen molar-refractivity contribution in [3.63, 3.8) is 0 Å². The molecule has 2 aromatic carbocycles. The second-order valence-electron chi connectivity index (χ2n) is 6.86. The van der Waals surface area contributed by atoms with Gasteiger partial charge in [-0.25, -0.2) is 0 Å². The molecular formula is C23H28N2O4. The maximum Gasteiger partial charge on any atom is 0.244 e. The molecule has 1 aliphatic rings. The first-order valence-corrected chi connectivity index (χ1v) is 9.74. The minimum atomic E-state index is -0.145. The van der Waals surface area contributed by atoms with Crippen molar-refractivity contribution >= 4 is 12.0 Å². The molecule has 1 fully saturated rings. The zero-order valence-electron chi connectivity index (χ0n) is 17.0. The van der Waals surface area contributed by atoms with Gasteiger partial charge >= 0.3 is 0 Å². The van der Waals surface area contributed by atoms with E-state index in [1.807, 2.05) is 42.5 Å². The largest absolute Gasteiger partial charge is 0.497 e. The highest BCUT2D eigenvalue weighted by atomic mass is 16.5. The lowest BCUT2D eigenvalue weighted by Crippen LogP contribution is -2.42. The second kappa shape index (κ2) is 10.6. The number of carbonyl (C=O) groups is 1. The monoisotopic (exact) mass is 396 g/mol. The first kappa shape index (κ1) is 20.9. The first-order valence-electron chi connectivity index (χ1n) is 9.74. The molecule has 1 N–H and O–H groups in total. The van der Waals surface area contributed by atoms with Gasteiger partial charge in [-0.15, -0.1) is 0 Å². The van der Waals surface area contributed by atoms with Crippen molar-refractivity contribution in [3.8, 4) is 11.5 Å².